The summed E-state index contributed by atoms with van der Waals surface area (Å²) in [6, 6.07) is 5.39. The molecule has 0 aliphatic rings. The lowest BCUT2D eigenvalue weighted by molar-refractivity contribution is 0.0945. The van der Waals surface area contributed by atoms with Crippen molar-refractivity contribution in [2.45, 2.75) is 13.5 Å². The van der Waals surface area contributed by atoms with Crippen molar-refractivity contribution in [3.05, 3.63) is 47.7 Å². The van der Waals surface area contributed by atoms with E-state index in [0.29, 0.717) is 23.9 Å². The quantitative estimate of drug-likeness (QED) is 0.796. The zero-order valence-electron chi connectivity index (χ0n) is 13.7. The summed E-state index contributed by atoms with van der Waals surface area (Å²) in [4.78, 5) is 26.8. The highest BCUT2D eigenvalue weighted by molar-refractivity contribution is 5.92. The number of amides is 1. The van der Waals surface area contributed by atoms with Crippen LogP contribution in [-0.4, -0.2) is 52.9 Å². The molecule has 0 aliphatic heterocycles. The Morgan fingerprint density at radius 1 is 1.22 bits per heavy atom. The molecule has 0 bridgehead atoms. The molecule has 1 amide bonds. The highest BCUT2D eigenvalue weighted by Crippen LogP contribution is 2.07. The molecule has 0 aromatic carbocycles. The number of aryl methyl sites for hydroxylation is 1. The van der Waals surface area contributed by atoms with Crippen LogP contribution in [0.2, 0.25) is 0 Å². The van der Waals surface area contributed by atoms with E-state index in [-0.39, 0.29) is 5.91 Å². The first-order chi connectivity index (χ1) is 11.0. The zero-order chi connectivity index (χ0) is 16.7. The number of hydrogen-bond acceptors (Lipinski definition) is 6. The maximum atomic E-state index is 12.3. The largest absolute Gasteiger partial charge is 0.369 e. The van der Waals surface area contributed by atoms with Gasteiger partial charge in [0.05, 0.1) is 0 Å². The van der Waals surface area contributed by atoms with E-state index in [0.717, 1.165) is 18.7 Å². The number of likely N-dealkylation sites (N-methyl/N-ethyl adjacent to an activating group) is 1. The molecular formula is C16H22N6O. The molecule has 2 heterocycles. The van der Waals surface area contributed by atoms with Gasteiger partial charge < -0.3 is 15.5 Å². The Labute approximate surface area is 136 Å². The summed E-state index contributed by atoms with van der Waals surface area (Å²) >= 11 is 0. The van der Waals surface area contributed by atoms with E-state index in [1.54, 1.807) is 25.4 Å². The molecular weight excluding hydrogens is 292 g/mol. The summed E-state index contributed by atoms with van der Waals surface area (Å²) < 4.78 is 0. The van der Waals surface area contributed by atoms with Gasteiger partial charge in [-0.1, -0.05) is 0 Å². The molecule has 2 aromatic heterocycles. The van der Waals surface area contributed by atoms with Crippen LogP contribution in [0, 0.1) is 6.92 Å². The summed E-state index contributed by atoms with van der Waals surface area (Å²) in [5, 5.41) is 6.06. The number of nitrogens with zero attached hydrogens (tertiary/aromatic N) is 4. The van der Waals surface area contributed by atoms with Crippen LogP contribution in [-0.2, 0) is 6.54 Å². The molecule has 0 aliphatic carbocycles. The van der Waals surface area contributed by atoms with Crippen molar-refractivity contribution in [1.29, 1.82) is 0 Å². The fraction of sp³-hybridized carbons (Fsp3) is 0.375. The minimum absolute atomic E-state index is 0.219. The zero-order valence-corrected chi connectivity index (χ0v) is 13.7. The number of anilines is 1. The molecule has 7 nitrogen and oxygen atoms in total. The van der Waals surface area contributed by atoms with E-state index in [1.165, 1.54) is 0 Å². The summed E-state index contributed by atoms with van der Waals surface area (Å²) in [6.45, 7) is 3.85. The number of nitrogens with one attached hydrogen (secondary N) is 2. The van der Waals surface area contributed by atoms with Crippen molar-refractivity contribution in [3.63, 3.8) is 0 Å². The third-order valence-electron chi connectivity index (χ3n) is 3.14. The maximum absolute atomic E-state index is 12.3. The van der Waals surface area contributed by atoms with Crippen molar-refractivity contribution in [2.75, 3.05) is 32.5 Å². The Kier molecular flexibility index (Phi) is 5.99. The number of pyridine rings is 1. The Morgan fingerprint density at radius 2 is 1.96 bits per heavy atom. The lowest BCUT2D eigenvalue weighted by atomic mass is 10.2. The first-order valence-electron chi connectivity index (χ1n) is 7.46. The minimum Gasteiger partial charge on any atom is -0.369 e. The Balaban J connectivity index is 1.97. The van der Waals surface area contributed by atoms with Gasteiger partial charge in [0.2, 0.25) is 0 Å². The summed E-state index contributed by atoms with van der Waals surface area (Å²) in [5.74, 6) is 1.00. The van der Waals surface area contributed by atoms with Gasteiger partial charge in [-0.3, -0.25) is 9.78 Å². The maximum Gasteiger partial charge on any atom is 0.270 e. The van der Waals surface area contributed by atoms with Crippen molar-refractivity contribution >= 4 is 11.7 Å². The van der Waals surface area contributed by atoms with Crippen molar-refractivity contribution in [1.82, 2.24) is 25.2 Å². The fourth-order valence-corrected chi connectivity index (χ4v) is 1.96. The van der Waals surface area contributed by atoms with Gasteiger partial charge in [0.25, 0.3) is 5.91 Å². The highest BCUT2D eigenvalue weighted by atomic mass is 16.1. The summed E-state index contributed by atoms with van der Waals surface area (Å²) in [6.07, 6.45) is 3.40. The molecule has 2 rings (SSSR count). The van der Waals surface area contributed by atoms with Gasteiger partial charge in [-0.2, -0.15) is 0 Å². The summed E-state index contributed by atoms with van der Waals surface area (Å²) in [5.41, 5.74) is 1.35. The Morgan fingerprint density at radius 3 is 2.65 bits per heavy atom. The first-order valence-corrected chi connectivity index (χ1v) is 7.46. The second-order valence-corrected chi connectivity index (χ2v) is 5.45. The summed E-state index contributed by atoms with van der Waals surface area (Å²) in [7, 11) is 4.01. The number of rotatable bonds is 7. The van der Waals surface area contributed by atoms with Gasteiger partial charge in [0, 0.05) is 38.1 Å². The number of hydrogen-bond donors (Lipinski definition) is 2. The van der Waals surface area contributed by atoms with E-state index in [1.807, 2.05) is 26.2 Å². The molecule has 23 heavy (non-hydrogen) atoms. The van der Waals surface area contributed by atoms with Gasteiger partial charge in [-0.25, -0.2) is 9.97 Å². The third-order valence-corrected chi connectivity index (χ3v) is 3.14. The molecule has 0 fully saturated rings. The van der Waals surface area contributed by atoms with Crippen LogP contribution in [0.5, 0.6) is 0 Å². The molecule has 0 unspecified atom stereocenters. The third kappa shape index (κ3) is 5.63. The molecule has 0 saturated heterocycles. The topological polar surface area (TPSA) is 83.0 Å². The molecule has 0 spiro atoms. The standard InChI is InChI=1S/C16H22N6O/c1-12-20-14(10-15(21-12)18-8-9-22(2)3)16(23)19-11-13-4-6-17-7-5-13/h4-7,10H,8-9,11H2,1-3H3,(H,19,23)(H,18,20,21). The normalized spacial score (nSPS) is 10.6. The molecule has 122 valence electrons. The van der Waals surface area contributed by atoms with Crippen LogP contribution in [0.3, 0.4) is 0 Å². The monoisotopic (exact) mass is 314 g/mol. The van der Waals surface area contributed by atoms with Crippen molar-refractivity contribution in [3.8, 4) is 0 Å². The predicted molar refractivity (Wildman–Crippen MR) is 89.2 cm³/mol. The number of carbonyl (C=O) groups excluding carboxylic acids is 1. The van der Waals surface area contributed by atoms with E-state index in [4.69, 9.17) is 0 Å². The first kappa shape index (κ1) is 16.8. The van der Waals surface area contributed by atoms with E-state index < -0.39 is 0 Å². The molecule has 0 saturated carbocycles. The molecule has 2 N–H and O–H groups in total. The van der Waals surface area contributed by atoms with Gasteiger partial charge >= 0.3 is 0 Å². The van der Waals surface area contributed by atoms with Crippen LogP contribution >= 0.6 is 0 Å². The molecule has 7 heteroatoms. The molecule has 0 radical (unpaired) electrons. The SMILES string of the molecule is Cc1nc(NCCN(C)C)cc(C(=O)NCc2ccncc2)n1. The Bertz CT molecular complexity index is 644. The van der Waals surface area contributed by atoms with E-state index in [2.05, 4.69) is 30.5 Å². The van der Waals surface area contributed by atoms with Crippen LogP contribution < -0.4 is 10.6 Å². The van der Waals surface area contributed by atoms with Crippen molar-refractivity contribution < 1.29 is 4.79 Å². The second-order valence-electron chi connectivity index (χ2n) is 5.45. The fourth-order valence-electron chi connectivity index (χ4n) is 1.96. The van der Waals surface area contributed by atoms with Crippen LogP contribution in [0.25, 0.3) is 0 Å². The molecule has 0 atom stereocenters. The average molecular weight is 314 g/mol. The van der Waals surface area contributed by atoms with Gasteiger partial charge in [0.1, 0.15) is 17.3 Å². The molecule has 2 aromatic rings. The second kappa shape index (κ2) is 8.19. The average Bonchev–Trinajstić information content (AvgIpc) is 2.52. The predicted octanol–water partition coefficient (Wildman–Crippen LogP) is 1.08. The Hall–Kier alpha value is -2.54. The van der Waals surface area contributed by atoms with E-state index >= 15 is 0 Å². The van der Waals surface area contributed by atoms with Gasteiger partial charge in [-0.15, -0.1) is 0 Å². The number of aromatic nitrogens is 3. The number of carbonyl (C=O) groups is 1. The van der Waals surface area contributed by atoms with Crippen LogP contribution in [0.1, 0.15) is 21.9 Å². The lowest BCUT2D eigenvalue weighted by Gasteiger charge is -2.12. The van der Waals surface area contributed by atoms with Crippen LogP contribution in [0.15, 0.2) is 30.6 Å². The minimum atomic E-state index is -0.219. The van der Waals surface area contributed by atoms with Crippen LogP contribution in [0.4, 0.5) is 5.82 Å². The van der Waals surface area contributed by atoms with Gasteiger partial charge in [0.15, 0.2) is 0 Å². The lowest BCUT2D eigenvalue weighted by Crippen LogP contribution is -2.25. The van der Waals surface area contributed by atoms with Crippen molar-refractivity contribution in [2.24, 2.45) is 0 Å². The highest BCUT2D eigenvalue weighted by Gasteiger charge is 2.10. The smallest absolute Gasteiger partial charge is 0.270 e. The van der Waals surface area contributed by atoms with E-state index in [9.17, 15) is 4.79 Å². The van der Waals surface area contributed by atoms with Gasteiger partial charge in [-0.05, 0) is 38.7 Å².